The third-order valence-corrected chi connectivity index (χ3v) is 5.54. The summed E-state index contributed by atoms with van der Waals surface area (Å²) >= 11 is 0. The van der Waals surface area contributed by atoms with Crippen molar-refractivity contribution in [2.75, 3.05) is 38.4 Å². The highest BCUT2D eigenvalue weighted by Gasteiger charge is 2.18. The third-order valence-electron chi connectivity index (χ3n) is 3.73. The Kier molecular flexibility index (Phi) is 5.46. The van der Waals surface area contributed by atoms with Crippen LogP contribution in [-0.2, 0) is 10.0 Å². The lowest BCUT2D eigenvalue weighted by Crippen LogP contribution is -2.22. The highest BCUT2D eigenvalue weighted by atomic mass is 32.2. The van der Waals surface area contributed by atoms with Crippen molar-refractivity contribution in [2.24, 2.45) is 0 Å². The lowest BCUT2D eigenvalue weighted by atomic mass is 10.1. The molecule has 0 saturated heterocycles. The van der Waals surface area contributed by atoms with E-state index in [1.54, 1.807) is 24.4 Å². The first-order valence-electron chi connectivity index (χ1n) is 7.64. The van der Waals surface area contributed by atoms with Crippen LogP contribution in [0.3, 0.4) is 0 Å². The second-order valence-corrected chi connectivity index (χ2v) is 8.18. The fraction of sp³-hybridized carbons (Fsp3) is 0.353. The van der Waals surface area contributed by atoms with E-state index < -0.39 is 10.0 Å². The Morgan fingerprint density at radius 2 is 1.79 bits per heavy atom. The first-order valence-corrected chi connectivity index (χ1v) is 9.08. The first kappa shape index (κ1) is 18.2. The van der Waals surface area contributed by atoms with Crippen molar-refractivity contribution in [1.29, 1.82) is 0 Å². The van der Waals surface area contributed by atoms with Gasteiger partial charge in [-0.1, -0.05) is 12.1 Å². The lowest BCUT2D eigenvalue weighted by molar-refractivity contribution is 0.520. The van der Waals surface area contributed by atoms with Gasteiger partial charge in [0.15, 0.2) is 0 Å². The number of nitrogens with one attached hydrogen (secondary N) is 1. The average Bonchev–Trinajstić information content (AvgIpc) is 2.55. The summed E-state index contributed by atoms with van der Waals surface area (Å²) in [7, 11) is 3.50. The number of pyridine rings is 1. The molecule has 0 aliphatic rings. The zero-order valence-corrected chi connectivity index (χ0v) is 15.5. The van der Waals surface area contributed by atoms with Gasteiger partial charge in [-0.25, -0.2) is 17.7 Å². The maximum Gasteiger partial charge on any atom is 0.242 e. The minimum Gasteiger partial charge on any atom is -0.377 e. The summed E-state index contributed by atoms with van der Waals surface area (Å²) in [5.74, 6) is 0.882. The lowest BCUT2D eigenvalue weighted by Gasteiger charge is -2.18. The van der Waals surface area contributed by atoms with E-state index in [0.29, 0.717) is 4.90 Å². The molecule has 0 aliphatic carbocycles. The van der Waals surface area contributed by atoms with E-state index in [9.17, 15) is 8.42 Å². The zero-order chi connectivity index (χ0) is 17.9. The standard InChI is InChI=1S/C17H24N4O2S/c1-13(19-15-9-10-17(18-12-15)20(2)3)14-7-6-8-16(11-14)24(22,23)21(4)5/h6-13,19H,1-5H3/t13-/m1/s1. The Labute approximate surface area is 144 Å². The van der Waals surface area contributed by atoms with Gasteiger partial charge in [-0.3, -0.25) is 0 Å². The Morgan fingerprint density at radius 3 is 2.33 bits per heavy atom. The number of rotatable bonds is 6. The molecule has 1 atom stereocenters. The first-order chi connectivity index (χ1) is 11.2. The van der Waals surface area contributed by atoms with Gasteiger partial charge in [0.05, 0.1) is 16.8 Å². The molecular weight excluding hydrogens is 324 g/mol. The van der Waals surface area contributed by atoms with Crippen molar-refractivity contribution in [2.45, 2.75) is 17.9 Å². The predicted molar refractivity (Wildman–Crippen MR) is 97.9 cm³/mol. The molecule has 0 spiro atoms. The highest BCUT2D eigenvalue weighted by Crippen LogP contribution is 2.23. The number of benzene rings is 1. The summed E-state index contributed by atoms with van der Waals surface area (Å²) in [6, 6.07) is 10.8. The SMILES string of the molecule is C[C@@H](Nc1ccc(N(C)C)nc1)c1cccc(S(=O)(=O)N(C)C)c1. The van der Waals surface area contributed by atoms with Gasteiger partial charge in [-0.05, 0) is 36.8 Å². The molecule has 0 aliphatic heterocycles. The van der Waals surface area contributed by atoms with Crippen LogP contribution in [0.4, 0.5) is 11.5 Å². The Bertz CT molecular complexity index is 786. The fourth-order valence-electron chi connectivity index (χ4n) is 2.22. The van der Waals surface area contributed by atoms with Crippen LogP contribution < -0.4 is 10.2 Å². The molecule has 7 heteroatoms. The molecule has 0 saturated carbocycles. The third kappa shape index (κ3) is 4.04. The van der Waals surface area contributed by atoms with Crippen LogP contribution in [-0.4, -0.2) is 45.9 Å². The van der Waals surface area contributed by atoms with Crippen LogP contribution in [0.2, 0.25) is 0 Å². The summed E-state index contributed by atoms with van der Waals surface area (Å²) in [5.41, 5.74) is 1.78. The molecule has 0 amide bonds. The molecule has 1 heterocycles. The van der Waals surface area contributed by atoms with Gasteiger partial charge >= 0.3 is 0 Å². The molecule has 0 bridgehead atoms. The molecule has 1 N–H and O–H groups in total. The maximum absolute atomic E-state index is 12.3. The van der Waals surface area contributed by atoms with Crippen LogP contribution in [0.1, 0.15) is 18.5 Å². The molecule has 130 valence electrons. The van der Waals surface area contributed by atoms with Crippen molar-refractivity contribution < 1.29 is 8.42 Å². The summed E-state index contributed by atoms with van der Waals surface area (Å²) in [4.78, 5) is 6.59. The van der Waals surface area contributed by atoms with E-state index in [0.717, 1.165) is 17.1 Å². The molecule has 6 nitrogen and oxygen atoms in total. The number of sulfonamides is 1. The predicted octanol–water partition coefficient (Wildman–Crippen LogP) is 2.57. The molecule has 0 fully saturated rings. The van der Waals surface area contributed by atoms with Gasteiger partial charge in [0.25, 0.3) is 0 Å². The van der Waals surface area contributed by atoms with Gasteiger partial charge in [0.1, 0.15) is 5.82 Å². The Morgan fingerprint density at radius 1 is 1.08 bits per heavy atom. The van der Waals surface area contributed by atoms with Crippen molar-refractivity contribution in [3.8, 4) is 0 Å². The largest absolute Gasteiger partial charge is 0.377 e. The molecule has 2 rings (SSSR count). The minimum atomic E-state index is -3.43. The van der Waals surface area contributed by atoms with Crippen LogP contribution in [0, 0.1) is 0 Å². The molecule has 2 aromatic rings. The number of hydrogen-bond donors (Lipinski definition) is 1. The van der Waals surface area contributed by atoms with Gasteiger partial charge < -0.3 is 10.2 Å². The summed E-state index contributed by atoms with van der Waals surface area (Å²) in [6.45, 7) is 1.99. The van der Waals surface area contributed by atoms with Gasteiger partial charge in [0, 0.05) is 34.2 Å². The van der Waals surface area contributed by atoms with Crippen molar-refractivity contribution in [1.82, 2.24) is 9.29 Å². The molecule has 1 aromatic heterocycles. The van der Waals surface area contributed by atoms with Crippen LogP contribution in [0.25, 0.3) is 0 Å². The maximum atomic E-state index is 12.3. The summed E-state index contributed by atoms with van der Waals surface area (Å²) in [6.07, 6.45) is 1.77. The zero-order valence-electron chi connectivity index (χ0n) is 14.7. The molecule has 24 heavy (non-hydrogen) atoms. The van der Waals surface area contributed by atoms with E-state index in [4.69, 9.17) is 0 Å². The monoisotopic (exact) mass is 348 g/mol. The quantitative estimate of drug-likeness (QED) is 0.869. The van der Waals surface area contributed by atoms with Crippen molar-refractivity contribution in [3.05, 3.63) is 48.2 Å². The van der Waals surface area contributed by atoms with E-state index >= 15 is 0 Å². The smallest absolute Gasteiger partial charge is 0.242 e. The Hall–Kier alpha value is -2.12. The van der Waals surface area contributed by atoms with E-state index in [-0.39, 0.29) is 6.04 Å². The van der Waals surface area contributed by atoms with E-state index in [1.165, 1.54) is 18.4 Å². The number of nitrogens with zero attached hydrogens (tertiary/aromatic N) is 3. The minimum absolute atomic E-state index is 0.0469. The second kappa shape index (κ2) is 7.19. The average molecular weight is 348 g/mol. The Balaban J connectivity index is 2.20. The summed E-state index contributed by atoms with van der Waals surface area (Å²) in [5, 5.41) is 3.34. The fourth-order valence-corrected chi connectivity index (χ4v) is 3.18. The summed E-state index contributed by atoms with van der Waals surface area (Å²) < 4.78 is 25.7. The molecular formula is C17H24N4O2S. The molecule has 1 aromatic carbocycles. The van der Waals surface area contributed by atoms with Crippen molar-refractivity contribution in [3.63, 3.8) is 0 Å². The number of anilines is 2. The van der Waals surface area contributed by atoms with Gasteiger partial charge in [-0.15, -0.1) is 0 Å². The topological polar surface area (TPSA) is 65.5 Å². The number of hydrogen-bond acceptors (Lipinski definition) is 5. The van der Waals surface area contributed by atoms with Gasteiger partial charge in [-0.2, -0.15) is 0 Å². The molecule has 0 unspecified atom stereocenters. The van der Waals surface area contributed by atoms with Crippen molar-refractivity contribution >= 4 is 21.5 Å². The van der Waals surface area contributed by atoms with Crippen LogP contribution in [0.5, 0.6) is 0 Å². The normalized spacial score (nSPS) is 12.9. The van der Waals surface area contributed by atoms with Gasteiger partial charge in [0.2, 0.25) is 10.0 Å². The number of aromatic nitrogens is 1. The highest BCUT2D eigenvalue weighted by molar-refractivity contribution is 7.89. The van der Waals surface area contributed by atoms with Crippen LogP contribution in [0.15, 0.2) is 47.5 Å². The van der Waals surface area contributed by atoms with E-state index in [2.05, 4.69) is 10.3 Å². The molecule has 0 radical (unpaired) electrons. The second-order valence-electron chi connectivity index (χ2n) is 6.03. The van der Waals surface area contributed by atoms with E-state index in [1.807, 2.05) is 44.1 Å². The van der Waals surface area contributed by atoms with Crippen LogP contribution >= 0.6 is 0 Å².